The van der Waals surface area contributed by atoms with Gasteiger partial charge >= 0.3 is 0 Å². The maximum atomic E-state index is 13.8. The number of hydrazine groups is 1. The summed E-state index contributed by atoms with van der Waals surface area (Å²) in [4.78, 5) is 0. The van der Waals surface area contributed by atoms with Crippen LogP contribution in [0.3, 0.4) is 0 Å². The summed E-state index contributed by atoms with van der Waals surface area (Å²) in [6.45, 7) is 0. The lowest BCUT2D eigenvalue weighted by atomic mass is 9.90. The molecule has 1 aliphatic carbocycles. The number of hydrogen-bond donors (Lipinski definition) is 2. The maximum absolute atomic E-state index is 13.8. The van der Waals surface area contributed by atoms with Gasteiger partial charge in [0.2, 0.25) is 0 Å². The Balaban J connectivity index is 2.38. The second-order valence-electron chi connectivity index (χ2n) is 4.26. The van der Waals surface area contributed by atoms with Crippen molar-refractivity contribution in [2.45, 2.75) is 31.7 Å². The number of benzene rings is 1. The molecule has 1 aromatic rings. The van der Waals surface area contributed by atoms with Crippen LogP contribution in [0.4, 0.5) is 4.39 Å². The molecule has 2 nitrogen and oxygen atoms in total. The van der Waals surface area contributed by atoms with Crippen molar-refractivity contribution in [1.29, 1.82) is 0 Å². The molecule has 0 aliphatic heterocycles. The molecule has 4 heteroatoms. The predicted octanol–water partition coefficient (Wildman–Crippen LogP) is 3.48. The maximum Gasteiger partial charge on any atom is 0.129 e. The van der Waals surface area contributed by atoms with E-state index >= 15 is 0 Å². The Kier molecular flexibility index (Phi) is 4.15. The molecule has 0 heterocycles. The quantitative estimate of drug-likeness (QED) is 0.492. The number of nitrogens with two attached hydrogens (primary N) is 1. The van der Waals surface area contributed by atoms with Crippen LogP contribution in [0, 0.1) is 5.82 Å². The van der Waals surface area contributed by atoms with E-state index in [0.29, 0.717) is 10.6 Å². The Morgan fingerprint density at radius 3 is 2.76 bits per heavy atom. The van der Waals surface area contributed by atoms with Crippen LogP contribution in [0.1, 0.15) is 37.3 Å². The minimum Gasteiger partial charge on any atom is -0.271 e. The van der Waals surface area contributed by atoms with Gasteiger partial charge in [0.1, 0.15) is 5.82 Å². The number of rotatable bonds is 3. The highest BCUT2D eigenvalue weighted by Gasteiger charge is 2.22. The molecule has 1 aliphatic rings. The monoisotopic (exact) mass is 254 g/mol. The van der Waals surface area contributed by atoms with Gasteiger partial charge in [-0.15, -0.1) is 0 Å². The van der Waals surface area contributed by atoms with Gasteiger partial charge < -0.3 is 0 Å². The van der Waals surface area contributed by atoms with Gasteiger partial charge in [0, 0.05) is 10.6 Å². The molecule has 0 amide bonds. The van der Waals surface area contributed by atoms with Crippen molar-refractivity contribution in [2.24, 2.45) is 5.84 Å². The Labute approximate surface area is 106 Å². The van der Waals surface area contributed by atoms with Crippen LogP contribution in [-0.2, 0) is 0 Å². The third-order valence-corrected chi connectivity index (χ3v) is 3.48. The van der Waals surface area contributed by atoms with Crippen molar-refractivity contribution in [3.8, 4) is 0 Å². The standard InChI is InChI=1S/C13H16ClFN2/c14-10-7-4-8-11(15)12(10)13(17-16)9-5-2-1-3-6-9/h4-5,7-8,13,17H,1-3,6,16H2. The fraction of sp³-hybridized carbons (Fsp3) is 0.385. The van der Waals surface area contributed by atoms with E-state index in [1.54, 1.807) is 12.1 Å². The van der Waals surface area contributed by atoms with Gasteiger partial charge in [0.15, 0.2) is 0 Å². The zero-order valence-corrected chi connectivity index (χ0v) is 10.3. The topological polar surface area (TPSA) is 38.0 Å². The first kappa shape index (κ1) is 12.6. The summed E-state index contributed by atoms with van der Waals surface area (Å²) in [5.41, 5.74) is 4.26. The fourth-order valence-corrected chi connectivity index (χ4v) is 2.56. The molecule has 0 aromatic heterocycles. The summed E-state index contributed by atoms with van der Waals surface area (Å²) in [5.74, 6) is 5.24. The minimum absolute atomic E-state index is 0.313. The van der Waals surface area contributed by atoms with Gasteiger partial charge in [-0.05, 0) is 37.8 Å². The van der Waals surface area contributed by atoms with Crippen LogP contribution in [0.15, 0.2) is 29.8 Å². The highest BCUT2D eigenvalue weighted by molar-refractivity contribution is 6.31. The normalized spacial score (nSPS) is 17.7. The SMILES string of the molecule is NNC(C1=CCCCC1)c1c(F)cccc1Cl. The molecule has 3 N–H and O–H groups in total. The third-order valence-electron chi connectivity index (χ3n) is 3.15. The average Bonchev–Trinajstić information content (AvgIpc) is 2.35. The van der Waals surface area contributed by atoms with Gasteiger partial charge in [0.25, 0.3) is 0 Å². The summed E-state index contributed by atoms with van der Waals surface area (Å²) >= 11 is 6.06. The van der Waals surface area contributed by atoms with Crippen LogP contribution >= 0.6 is 11.6 Å². The van der Waals surface area contributed by atoms with E-state index in [0.717, 1.165) is 24.8 Å². The minimum atomic E-state index is -0.316. The number of nitrogens with one attached hydrogen (secondary N) is 1. The second kappa shape index (κ2) is 5.63. The van der Waals surface area contributed by atoms with Gasteiger partial charge in [-0.25, -0.2) is 9.82 Å². The van der Waals surface area contributed by atoms with Crippen molar-refractivity contribution in [3.63, 3.8) is 0 Å². The Bertz CT molecular complexity index is 411. The number of hydrogen-bond acceptors (Lipinski definition) is 2. The smallest absolute Gasteiger partial charge is 0.129 e. The molecule has 2 rings (SSSR count). The van der Waals surface area contributed by atoms with E-state index < -0.39 is 0 Å². The molecular formula is C13H16ClFN2. The Hall–Kier alpha value is -0.900. The molecule has 1 atom stereocenters. The largest absolute Gasteiger partial charge is 0.271 e. The van der Waals surface area contributed by atoms with Crippen molar-refractivity contribution in [1.82, 2.24) is 5.43 Å². The van der Waals surface area contributed by atoms with Gasteiger partial charge in [-0.2, -0.15) is 0 Å². The molecule has 0 bridgehead atoms. The van der Waals surface area contributed by atoms with Crippen molar-refractivity contribution in [3.05, 3.63) is 46.3 Å². The molecule has 0 saturated heterocycles. The van der Waals surface area contributed by atoms with Gasteiger partial charge in [0.05, 0.1) is 6.04 Å². The number of halogens is 2. The van der Waals surface area contributed by atoms with Crippen molar-refractivity contribution < 1.29 is 4.39 Å². The van der Waals surface area contributed by atoms with Crippen molar-refractivity contribution >= 4 is 11.6 Å². The van der Waals surface area contributed by atoms with Crippen molar-refractivity contribution in [2.75, 3.05) is 0 Å². The number of allylic oxidation sites excluding steroid dienone is 1. The lowest BCUT2D eigenvalue weighted by Gasteiger charge is -2.24. The highest BCUT2D eigenvalue weighted by atomic mass is 35.5. The van der Waals surface area contributed by atoms with E-state index in [9.17, 15) is 4.39 Å². The van der Waals surface area contributed by atoms with E-state index in [4.69, 9.17) is 17.4 Å². The average molecular weight is 255 g/mol. The first-order valence-electron chi connectivity index (χ1n) is 5.83. The molecule has 0 radical (unpaired) electrons. The zero-order chi connectivity index (χ0) is 12.3. The van der Waals surface area contributed by atoms with Crippen LogP contribution in [0.5, 0.6) is 0 Å². The molecule has 0 saturated carbocycles. The van der Waals surface area contributed by atoms with E-state index in [2.05, 4.69) is 11.5 Å². The van der Waals surface area contributed by atoms with Gasteiger partial charge in [-0.3, -0.25) is 5.84 Å². The predicted molar refractivity (Wildman–Crippen MR) is 68.0 cm³/mol. The summed E-state index contributed by atoms with van der Waals surface area (Å²) in [6, 6.07) is 4.39. The molecule has 1 aromatic carbocycles. The summed E-state index contributed by atoms with van der Waals surface area (Å²) in [6.07, 6.45) is 6.41. The van der Waals surface area contributed by atoms with Crippen LogP contribution in [-0.4, -0.2) is 0 Å². The fourth-order valence-electron chi connectivity index (χ4n) is 2.29. The molecule has 17 heavy (non-hydrogen) atoms. The molecular weight excluding hydrogens is 239 g/mol. The Morgan fingerprint density at radius 1 is 1.35 bits per heavy atom. The van der Waals surface area contributed by atoms with Crippen LogP contribution in [0.25, 0.3) is 0 Å². The van der Waals surface area contributed by atoms with Crippen LogP contribution < -0.4 is 11.3 Å². The highest BCUT2D eigenvalue weighted by Crippen LogP contribution is 2.34. The first-order chi connectivity index (χ1) is 8.24. The van der Waals surface area contributed by atoms with Gasteiger partial charge in [-0.1, -0.05) is 29.3 Å². The zero-order valence-electron chi connectivity index (χ0n) is 9.55. The van der Waals surface area contributed by atoms with E-state index in [1.165, 1.54) is 12.5 Å². The summed E-state index contributed by atoms with van der Waals surface area (Å²) in [7, 11) is 0. The molecule has 92 valence electrons. The van der Waals surface area contributed by atoms with E-state index in [-0.39, 0.29) is 11.9 Å². The summed E-state index contributed by atoms with van der Waals surface area (Å²) < 4.78 is 13.8. The van der Waals surface area contributed by atoms with E-state index in [1.807, 2.05) is 0 Å². The first-order valence-corrected chi connectivity index (χ1v) is 6.21. The Morgan fingerprint density at radius 2 is 2.18 bits per heavy atom. The second-order valence-corrected chi connectivity index (χ2v) is 4.67. The lowest BCUT2D eigenvalue weighted by Crippen LogP contribution is -2.31. The molecule has 1 unspecified atom stereocenters. The summed E-state index contributed by atoms with van der Waals surface area (Å²) in [5, 5.41) is 0.416. The molecule has 0 spiro atoms. The van der Waals surface area contributed by atoms with Crippen LogP contribution in [0.2, 0.25) is 5.02 Å². The third kappa shape index (κ3) is 2.68. The molecule has 0 fully saturated rings. The lowest BCUT2D eigenvalue weighted by molar-refractivity contribution is 0.528.